The van der Waals surface area contributed by atoms with Crippen molar-refractivity contribution >= 4 is 79.5 Å². The van der Waals surface area contributed by atoms with Crippen molar-refractivity contribution in [3.05, 3.63) is 0 Å². The van der Waals surface area contributed by atoms with Crippen molar-refractivity contribution in [1.82, 2.24) is 41.6 Å². The summed E-state index contributed by atoms with van der Waals surface area (Å²) in [5, 5.41) is 32.4. The van der Waals surface area contributed by atoms with Gasteiger partial charge in [0, 0.05) is 11.5 Å². The van der Waals surface area contributed by atoms with Crippen LogP contribution in [-0.4, -0.2) is 191 Å². The van der Waals surface area contributed by atoms with Crippen molar-refractivity contribution in [2.45, 2.75) is 50.9 Å². The van der Waals surface area contributed by atoms with Crippen molar-refractivity contribution < 1.29 is 48.6 Å². The number of aliphatic hydroxyl groups excluding tert-OH is 2. The third kappa shape index (κ3) is 30.4. The summed E-state index contributed by atoms with van der Waals surface area (Å²) in [7, 11) is 12.0. The minimum atomic E-state index is -1.19. The second kappa shape index (κ2) is 34.8. The number of likely N-dealkylation sites (N-methyl/N-ethyl adjacent to an activating group) is 1. The van der Waals surface area contributed by atoms with Crippen LogP contribution in [0.5, 0.6) is 0 Å². The minimum absolute atomic E-state index is 0.144. The van der Waals surface area contributed by atoms with Gasteiger partial charge in [0.05, 0.1) is 51.5 Å². The van der Waals surface area contributed by atoms with Gasteiger partial charge in [-0.15, -0.1) is 0 Å². The number of aliphatic hydroxyl groups is 2. The lowest BCUT2D eigenvalue weighted by Gasteiger charge is -2.25. The fourth-order valence-electron chi connectivity index (χ4n) is 3.18. The predicted molar refractivity (Wildman–Crippen MR) is 202 cm³/mol. The molecule has 4 atom stereocenters. The van der Waals surface area contributed by atoms with Crippen LogP contribution in [0.4, 0.5) is 0 Å². The molecule has 0 aromatic rings. The molecule has 0 aliphatic rings. The zero-order chi connectivity index (χ0) is 40.5. The van der Waals surface area contributed by atoms with Gasteiger partial charge in [0.1, 0.15) is 24.7 Å². The lowest BCUT2D eigenvalue weighted by atomic mass is 10.2. The number of nitrogens with zero attached hydrogens (tertiary/aromatic N) is 2. The van der Waals surface area contributed by atoms with E-state index in [1.165, 1.54) is 16.6 Å². The summed E-state index contributed by atoms with van der Waals surface area (Å²) in [6.07, 6.45) is 3.00. The maximum atomic E-state index is 12.4. The number of rotatable bonds is 25. The highest BCUT2D eigenvalue weighted by Gasteiger charge is 2.27. The topological polar surface area (TPSA) is 282 Å². The molecule has 0 aliphatic carbocycles. The molecular formula is C30H58BN9O10S2. The average molecular weight is 780 g/mol. The van der Waals surface area contributed by atoms with E-state index in [9.17, 15) is 48.6 Å². The molecule has 2 unspecified atom stereocenters. The molecule has 298 valence electrons. The molecule has 0 aromatic carbocycles. The molecule has 2 radical (unpaired) electrons. The lowest BCUT2D eigenvalue weighted by molar-refractivity contribution is -0.132. The van der Waals surface area contributed by atoms with E-state index in [2.05, 4.69) is 38.8 Å². The van der Waals surface area contributed by atoms with Crippen molar-refractivity contribution in [2.75, 3.05) is 90.6 Å². The van der Waals surface area contributed by atoms with E-state index in [-0.39, 0.29) is 32.1 Å². The maximum Gasteiger partial charge on any atom is 0.245 e. The summed E-state index contributed by atoms with van der Waals surface area (Å²) >= 11 is 3.16. The highest BCUT2D eigenvalue weighted by atomic mass is 32.2. The Bertz CT molecular complexity index is 1060. The Morgan fingerprint density at radius 1 is 0.692 bits per heavy atom. The molecule has 0 aromatic heterocycles. The standard InChI is InChI=1S/C15H28N4O5S.C13H24N4O5S.C2H6BN/c1-4-7-25-10-12(19(2)3)15(24)18-11(9-21)14(23)17-8-13(22)16-5-6-20;1-2-5-23-8-9(14)12(21)17-10(7-19)13(22)16-6-11(20)15-3-4-18;1-4(2)3/h6,11-12,21H,4-5,7-10H2,1-3H3,(H,16,22)(H,17,23)(H,18,24);4,9-10,19H,2-3,5-8,14H2,1H3,(H,15,20)(H,16,22)(H,17,21);1-2H3/t11-,12?;9?,10-;/m00./s1. The Kier molecular flexibility index (Phi) is 35.5. The van der Waals surface area contributed by atoms with Crippen LogP contribution in [0.1, 0.15) is 26.7 Å². The van der Waals surface area contributed by atoms with Gasteiger partial charge in [-0.25, -0.2) is 0 Å². The number of hydrogen-bond acceptors (Lipinski definition) is 15. The Morgan fingerprint density at radius 3 is 1.42 bits per heavy atom. The van der Waals surface area contributed by atoms with E-state index in [1.807, 2.05) is 6.92 Å². The summed E-state index contributed by atoms with van der Waals surface area (Å²) in [5.41, 5.74) is 5.69. The van der Waals surface area contributed by atoms with Gasteiger partial charge in [0.2, 0.25) is 35.4 Å². The van der Waals surface area contributed by atoms with E-state index < -0.39 is 66.9 Å². The van der Waals surface area contributed by atoms with Crippen LogP contribution in [0.25, 0.3) is 0 Å². The zero-order valence-electron chi connectivity index (χ0n) is 31.0. The largest absolute Gasteiger partial charge is 0.394 e. The molecular weight excluding hydrogens is 721 g/mol. The van der Waals surface area contributed by atoms with E-state index >= 15 is 0 Å². The second-order valence-electron chi connectivity index (χ2n) is 11.1. The summed E-state index contributed by atoms with van der Waals surface area (Å²) in [6, 6.07) is -3.56. The number of amides is 6. The van der Waals surface area contributed by atoms with E-state index in [0.717, 1.165) is 24.3 Å². The molecule has 0 bridgehead atoms. The molecule has 52 heavy (non-hydrogen) atoms. The van der Waals surface area contributed by atoms with Gasteiger partial charge in [-0.05, 0) is 52.5 Å². The van der Waals surface area contributed by atoms with Crippen LogP contribution in [0, 0.1) is 0 Å². The number of nitrogens with one attached hydrogen (secondary N) is 6. The third-order valence-corrected chi connectivity index (χ3v) is 8.32. The predicted octanol–water partition coefficient (Wildman–Crippen LogP) is -5.04. The maximum absolute atomic E-state index is 12.4. The number of aldehydes is 2. The molecule has 0 aliphatic heterocycles. The van der Waals surface area contributed by atoms with Crippen LogP contribution in [0.15, 0.2) is 0 Å². The van der Waals surface area contributed by atoms with Gasteiger partial charge >= 0.3 is 0 Å². The first kappa shape index (κ1) is 53.1. The number of carbonyl (C=O) groups excluding carboxylic acids is 8. The minimum Gasteiger partial charge on any atom is -0.394 e. The van der Waals surface area contributed by atoms with Crippen molar-refractivity contribution in [3.63, 3.8) is 0 Å². The lowest BCUT2D eigenvalue weighted by Crippen LogP contribution is -2.55. The molecule has 22 heteroatoms. The fraction of sp³-hybridized carbons (Fsp3) is 0.733. The SMILES string of the molecule is CCCSCC(C(=O)N[C@@H](CO)C(=O)NCC(=O)NCC=O)N(C)C.CCCSCC(N)C(=O)N[C@@H](CO)C(=O)NCC(=O)NCC=O.[B]N(C)C. The molecule has 0 saturated carbocycles. The smallest absolute Gasteiger partial charge is 0.245 e. The number of carbonyl (C=O) groups is 8. The molecule has 10 N–H and O–H groups in total. The number of thioether (sulfide) groups is 2. The first-order valence-corrected chi connectivity index (χ1v) is 18.6. The first-order chi connectivity index (χ1) is 24.6. The molecule has 0 spiro atoms. The Morgan fingerprint density at radius 2 is 1.08 bits per heavy atom. The normalized spacial score (nSPS) is 12.6. The third-order valence-electron chi connectivity index (χ3n) is 5.78. The molecule has 0 saturated heterocycles. The fourth-order valence-corrected chi connectivity index (χ4v) is 5.17. The van der Waals surface area contributed by atoms with E-state index in [0.29, 0.717) is 24.1 Å². The van der Waals surface area contributed by atoms with Crippen LogP contribution in [0.2, 0.25) is 0 Å². The summed E-state index contributed by atoms with van der Waals surface area (Å²) in [5.74, 6) is -0.605. The number of hydrogen-bond donors (Lipinski definition) is 9. The van der Waals surface area contributed by atoms with Gasteiger partial charge in [0.25, 0.3) is 0 Å². The molecule has 0 rings (SSSR count). The van der Waals surface area contributed by atoms with Crippen LogP contribution in [0.3, 0.4) is 0 Å². The monoisotopic (exact) mass is 779 g/mol. The highest BCUT2D eigenvalue weighted by Crippen LogP contribution is 2.08. The van der Waals surface area contributed by atoms with Crippen LogP contribution >= 0.6 is 23.5 Å². The molecule has 0 heterocycles. The Balaban J connectivity index is -0.000000838. The first-order valence-electron chi connectivity index (χ1n) is 16.3. The van der Waals surface area contributed by atoms with Crippen molar-refractivity contribution in [3.8, 4) is 0 Å². The highest BCUT2D eigenvalue weighted by molar-refractivity contribution is 7.99. The van der Waals surface area contributed by atoms with Gasteiger partial charge < -0.3 is 62.2 Å². The quantitative estimate of drug-likeness (QED) is 0.0238. The average Bonchev–Trinajstić information content (AvgIpc) is 3.10. The van der Waals surface area contributed by atoms with Crippen LogP contribution in [-0.2, 0) is 38.4 Å². The van der Waals surface area contributed by atoms with Crippen molar-refractivity contribution in [1.29, 1.82) is 0 Å². The zero-order valence-corrected chi connectivity index (χ0v) is 32.6. The number of nitrogens with two attached hydrogens (primary N) is 1. The van der Waals surface area contributed by atoms with Crippen molar-refractivity contribution in [2.24, 2.45) is 5.73 Å². The summed E-state index contributed by atoms with van der Waals surface area (Å²) in [6.45, 7) is 1.84. The summed E-state index contributed by atoms with van der Waals surface area (Å²) in [4.78, 5) is 94.0. The van der Waals surface area contributed by atoms with Gasteiger partial charge in [0.15, 0.2) is 7.98 Å². The van der Waals surface area contributed by atoms with Gasteiger partial charge in [-0.1, -0.05) is 13.8 Å². The van der Waals surface area contributed by atoms with Crippen LogP contribution < -0.4 is 37.6 Å². The molecule has 6 amide bonds. The second-order valence-corrected chi connectivity index (χ2v) is 13.4. The summed E-state index contributed by atoms with van der Waals surface area (Å²) < 4.78 is 0. The van der Waals surface area contributed by atoms with Gasteiger partial charge in [-0.2, -0.15) is 23.5 Å². The molecule has 0 fully saturated rings. The molecule has 19 nitrogen and oxygen atoms in total. The van der Waals surface area contributed by atoms with Gasteiger partial charge in [-0.3, -0.25) is 33.7 Å². The van der Waals surface area contributed by atoms with E-state index in [1.54, 1.807) is 44.9 Å². The van der Waals surface area contributed by atoms with E-state index in [4.69, 9.17) is 13.7 Å². The Hall–Kier alpha value is -3.28. The Labute approximate surface area is 316 Å².